The first-order valence-corrected chi connectivity index (χ1v) is 12.8. The Morgan fingerprint density at radius 1 is 0.667 bits per heavy atom. The van der Waals surface area contributed by atoms with E-state index in [1.54, 1.807) is 0 Å². The number of hydrogen-bond acceptors (Lipinski definition) is 2. The first-order valence-electron chi connectivity index (χ1n) is 12.0. The summed E-state index contributed by atoms with van der Waals surface area (Å²) in [5.74, 6) is 2.46. The monoisotopic (exact) mass is 532 g/mol. The highest BCUT2D eigenvalue weighted by molar-refractivity contribution is 9.10. The third-order valence-corrected chi connectivity index (χ3v) is 7.36. The predicted molar refractivity (Wildman–Crippen MR) is 151 cm³/mol. The minimum atomic E-state index is -0.160. The lowest BCUT2D eigenvalue weighted by atomic mass is 9.78. The van der Waals surface area contributed by atoms with Gasteiger partial charge in [-0.05, 0) is 59.7 Å². The van der Waals surface area contributed by atoms with Gasteiger partial charge in [0.05, 0.1) is 11.0 Å². The van der Waals surface area contributed by atoms with Crippen molar-refractivity contribution in [2.45, 2.75) is 19.3 Å². The Morgan fingerprint density at radius 3 is 2.25 bits per heavy atom. The van der Waals surface area contributed by atoms with E-state index in [1.807, 2.05) is 36.5 Å². The molecule has 0 fully saturated rings. The summed E-state index contributed by atoms with van der Waals surface area (Å²) in [7, 11) is 0. The second-order valence-electron chi connectivity index (χ2n) is 9.48. The molecule has 3 nitrogen and oxygen atoms in total. The van der Waals surface area contributed by atoms with Crippen LogP contribution in [-0.4, -0.2) is 9.55 Å². The molecular formula is C32H25BrN2O. The number of halogens is 1. The molecule has 4 heteroatoms. The van der Waals surface area contributed by atoms with Crippen molar-refractivity contribution in [3.8, 4) is 17.3 Å². The average molecular weight is 533 g/mol. The standard InChI is InChI=1S/C32H25BrN2O/c1-32(2,22-9-4-3-5-10-22)23-17-18-34-31(19-23)35-29-14-7-6-13-27(29)28-16-15-26(21-30(28)35)36-25-12-8-11-24(33)20-25/h3-21H,1-2H3. The predicted octanol–water partition coefficient (Wildman–Crippen LogP) is 9.06. The van der Waals surface area contributed by atoms with Crippen LogP contribution in [-0.2, 0) is 5.41 Å². The van der Waals surface area contributed by atoms with Crippen LogP contribution in [0.1, 0.15) is 25.0 Å². The van der Waals surface area contributed by atoms with Crippen LogP contribution in [0.25, 0.3) is 27.6 Å². The molecule has 2 heterocycles. The van der Waals surface area contributed by atoms with Gasteiger partial charge in [0.1, 0.15) is 17.3 Å². The van der Waals surface area contributed by atoms with Crippen molar-refractivity contribution in [2.75, 3.05) is 0 Å². The molecule has 0 N–H and O–H groups in total. The van der Waals surface area contributed by atoms with Gasteiger partial charge >= 0.3 is 0 Å². The van der Waals surface area contributed by atoms with Crippen LogP contribution < -0.4 is 4.74 Å². The van der Waals surface area contributed by atoms with Crippen molar-refractivity contribution in [1.29, 1.82) is 0 Å². The van der Waals surface area contributed by atoms with Gasteiger partial charge in [-0.3, -0.25) is 4.57 Å². The summed E-state index contributed by atoms with van der Waals surface area (Å²) in [6.45, 7) is 4.52. The van der Waals surface area contributed by atoms with Crippen molar-refractivity contribution in [2.24, 2.45) is 0 Å². The molecule has 0 saturated carbocycles. The maximum Gasteiger partial charge on any atom is 0.137 e. The number of hydrogen-bond donors (Lipinski definition) is 0. The van der Waals surface area contributed by atoms with Crippen molar-refractivity contribution >= 4 is 37.7 Å². The largest absolute Gasteiger partial charge is 0.457 e. The Hall–Kier alpha value is -3.89. The Morgan fingerprint density at radius 2 is 1.42 bits per heavy atom. The summed E-state index contributed by atoms with van der Waals surface area (Å²) in [4.78, 5) is 4.83. The lowest BCUT2D eigenvalue weighted by Crippen LogP contribution is -2.19. The zero-order chi connectivity index (χ0) is 24.7. The second kappa shape index (κ2) is 8.96. The molecule has 2 aromatic heterocycles. The Kier molecular flexibility index (Phi) is 5.62. The molecule has 6 rings (SSSR count). The molecule has 0 unspecified atom stereocenters. The summed E-state index contributed by atoms with van der Waals surface area (Å²) in [5.41, 5.74) is 4.51. The maximum atomic E-state index is 6.23. The average Bonchev–Trinajstić information content (AvgIpc) is 3.23. The summed E-state index contributed by atoms with van der Waals surface area (Å²) < 4.78 is 9.45. The van der Waals surface area contributed by atoms with Crippen molar-refractivity contribution in [3.63, 3.8) is 0 Å². The highest BCUT2D eigenvalue weighted by atomic mass is 79.9. The number of fused-ring (bicyclic) bond motifs is 3. The molecule has 0 aliphatic heterocycles. The van der Waals surface area contributed by atoms with Crippen LogP contribution in [0.4, 0.5) is 0 Å². The number of nitrogens with zero attached hydrogens (tertiary/aromatic N) is 2. The van der Waals surface area contributed by atoms with Gasteiger partial charge in [0, 0.05) is 32.9 Å². The van der Waals surface area contributed by atoms with Gasteiger partial charge in [0.2, 0.25) is 0 Å². The third-order valence-electron chi connectivity index (χ3n) is 6.87. The Labute approximate surface area is 219 Å². The fourth-order valence-corrected chi connectivity index (χ4v) is 5.26. The molecule has 6 aromatic rings. The van der Waals surface area contributed by atoms with Gasteiger partial charge in [0.15, 0.2) is 0 Å². The first-order chi connectivity index (χ1) is 17.5. The van der Waals surface area contributed by atoms with E-state index in [0.717, 1.165) is 32.8 Å². The van der Waals surface area contributed by atoms with Gasteiger partial charge < -0.3 is 4.74 Å². The van der Waals surface area contributed by atoms with Crippen LogP contribution in [0.2, 0.25) is 0 Å². The summed E-state index contributed by atoms with van der Waals surface area (Å²) in [6, 6.07) is 37.6. The SMILES string of the molecule is CC(C)(c1ccccc1)c1ccnc(-n2c3ccccc3c3ccc(Oc4cccc(Br)c4)cc32)c1. The fraction of sp³-hybridized carbons (Fsp3) is 0.0938. The number of pyridine rings is 1. The van der Waals surface area contributed by atoms with Crippen molar-refractivity contribution in [3.05, 3.63) is 131 Å². The van der Waals surface area contributed by atoms with E-state index >= 15 is 0 Å². The van der Waals surface area contributed by atoms with E-state index in [0.29, 0.717) is 0 Å². The fourth-order valence-electron chi connectivity index (χ4n) is 4.88. The molecule has 0 aliphatic carbocycles. The van der Waals surface area contributed by atoms with E-state index in [2.05, 4.69) is 113 Å². The molecule has 36 heavy (non-hydrogen) atoms. The minimum absolute atomic E-state index is 0.160. The molecule has 0 amide bonds. The molecule has 176 valence electrons. The van der Waals surface area contributed by atoms with Gasteiger partial charge in [-0.25, -0.2) is 4.98 Å². The highest BCUT2D eigenvalue weighted by Crippen LogP contribution is 2.37. The van der Waals surface area contributed by atoms with E-state index in [4.69, 9.17) is 9.72 Å². The summed E-state index contributed by atoms with van der Waals surface area (Å²) in [5, 5.41) is 2.36. The Bertz CT molecular complexity index is 1700. The number of benzene rings is 4. The highest BCUT2D eigenvalue weighted by Gasteiger charge is 2.24. The van der Waals surface area contributed by atoms with Crippen LogP contribution in [0.3, 0.4) is 0 Å². The summed E-state index contributed by atoms with van der Waals surface area (Å²) in [6.07, 6.45) is 1.91. The molecule has 0 aliphatic rings. The molecule has 0 saturated heterocycles. The molecule has 4 aromatic carbocycles. The lowest BCUT2D eigenvalue weighted by molar-refractivity contribution is 0.483. The van der Waals surface area contributed by atoms with E-state index in [1.165, 1.54) is 21.9 Å². The summed E-state index contributed by atoms with van der Waals surface area (Å²) >= 11 is 3.53. The molecule has 0 spiro atoms. The number of ether oxygens (including phenoxy) is 1. The zero-order valence-corrected chi connectivity index (χ0v) is 21.7. The van der Waals surface area contributed by atoms with Gasteiger partial charge in [-0.2, -0.15) is 0 Å². The van der Waals surface area contributed by atoms with E-state index in [-0.39, 0.29) is 5.41 Å². The number of rotatable bonds is 5. The normalized spacial score (nSPS) is 11.8. The van der Waals surface area contributed by atoms with Crippen LogP contribution >= 0.6 is 15.9 Å². The van der Waals surface area contributed by atoms with Crippen molar-refractivity contribution in [1.82, 2.24) is 9.55 Å². The minimum Gasteiger partial charge on any atom is -0.457 e. The smallest absolute Gasteiger partial charge is 0.137 e. The Balaban J connectivity index is 1.52. The second-order valence-corrected chi connectivity index (χ2v) is 10.4. The molecule has 0 atom stereocenters. The first kappa shape index (κ1) is 22.6. The van der Waals surface area contributed by atoms with Gasteiger partial charge in [0.25, 0.3) is 0 Å². The van der Waals surface area contributed by atoms with E-state index < -0.39 is 0 Å². The molecule has 0 radical (unpaired) electrons. The van der Waals surface area contributed by atoms with Crippen LogP contribution in [0, 0.1) is 0 Å². The lowest BCUT2D eigenvalue weighted by Gasteiger charge is -2.26. The zero-order valence-electron chi connectivity index (χ0n) is 20.2. The number of para-hydroxylation sites is 1. The maximum absolute atomic E-state index is 6.23. The molecule has 0 bridgehead atoms. The van der Waals surface area contributed by atoms with Crippen molar-refractivity contribution < 1.29 is 4.74 Å². The molecular weight excluding hydrogens is 508 g/mol. The van der Waals surface area contributed by atoms with Gasteiger partial charge in [-0.1, -0.05) is 84.4 Å². The van der Waals surface area contributed by atoms with E-state index in [9.17, 15) is 0 Å². The topological polar surface area (TPSA) is 27.1 Å². The van der Waals surface area contributed by atoms with Crippen LogP contribution in [0.5, 0.6) is 11.5 Å². The number of aromatic nitrogens is 2. The van der Waals surface area contributed by atoms with Crippen LogP contribution in [0.15, 0.2) is 120 Å². The third kappa shape index (κ3) is 3.98. The quantitative estimate of drug-likeness (QED) is 0.221. The van der Waals surface area contributed by atoms with Gasteiger partial charge in [-0.15, -0.1) is 0 Å².